The van der Waals surface area contributed by atoms with E-state index in [1.54, 1.807) is 0 Å². The molecule has 308 valence electrons. The van der Waals surface area contributed by atoms with Crippen LogP contribution in [-0.2, 0) is 0 Å². The largest absolute Gasteiger partial charge is 0.310 e. The molecule has 12 rings (SSSR count). The quantitative estimate of drug-likeness (QED) is 0.136. The van der Waals surface area contributed by atoms with Gasteiger partial charge in [0.2, 0.25) is 0 Å². The maximum absolute atomic E-state index is 2.44. The first-order chi connectivity index (χ1) is 32.2. The van der Waals surface area contributed by atoms with Crippen LogP contribution >= 0.6 is 22.7 Å². The third kappa shape index (κ3) is 7.17. The van der Waals surface area contributed by atoms with E-state index in [2.05, 4.69) is 263 Å². The number of anilines is 9. The van der Waals surface area contributed by atoms with E-state index in [4.69, 9.17) is 0 Å². The first-order valence-corrected chi connectivity index (χ1v) is 23.5. The predicted octanol–water partition coefficient (Wildman–Crippen LogP) is 18.5. The molecule has 0 unspecified atom stereocenters. The summed E-state index contributed by atoms with van der Waals surface area (Å²) in [6.07, 6.45) is 0. The molecule has 0 fully saturated rings. The lowest BCUT2D eigenvalue weighted by molar-refractivity contribution is 1.27. The molecule has 0 spiro atoms. The van der Waals surface area contributed by atoms with Gasteiger partial charge < -0.3 is 14.7 Å². The van der Waals surface area contributed by atoms with Crippen molar-refractivity contribution in [2.75, 3.05) is 14.7 Å². The summed E-state index contributed by atoms with van der Waals surface area (Å²) in [5, 5.41) is 5.00. The van der Waals surface area contributed by atoms with E-state index in [0.29, 0.717) is 0 Å². The summed E-state index contributed by atoms with van der Waals surface area (Å²) in [5.41, 5.74) is 12.4. The standard InChI is InChI=1S/C60H41N3S2/c1-6-18-42(19-7-1)43-30-32-48(33-31-43)62(50-34-36-52-54-38-49(35-37-57(54)64-58(52)40-50)61(44-20-8-2-9-21-44)45-22-10-3-11-23-45)51-39-55(60-53-28-16-17-29-56(53)65-59(60)41-51)63(46-24-12-4-13-25-46)47-26-14-5-15-27-47/h1-41H. The van der Waals surface area contributed by atoms with Crippen LogP contribution < -0.4 is 14.7 Å². The van der Waals surface area contributed by atoms with Crippen molar-refractivity contribution in [3.63, 3.8) is 0 Å². The fraction of sp³-hybridized carbons (Fsp3) is 0. The molecule has 0 aliphatic heterocycles. The number of rotatable bonds is 10. The van der Waals surface area contributed by atoms with Gasteiger partial charge in [0, 0.05) is 85.8 Å². The van der Waals surface area contributed by atoms with E-state index >= 15 is 0 Å². The third-order valence-electron chi connectivity index (χ3n) is 12.2. The molecule has 0 saturated heterocycles. The molecule has 10 aromatic carbocycles. The summed E-state index contributed by atoms with van der Waals surface area (Å²) in [7, 11) is 0. The summed E-state index contributed by atoms with van der Waals surface area (Å²) < 4.78 is 5.00. The van der Waals surface area contributed by atoms with Crippen molar-refractivity contribution in [2.24, 2.45) is 0 Å². The van der Waals surface area contributed by atoms with Crippen LogP contribution in [0.3, 0.4) is 0 Å². The van der Waals surface area contributed by atoms with Gasteiger partial charge in [0.15, 0.2) is 0 Å². The van der Waals surface area contributed by atoms with E-state index in [1.165, 1.54) is 51.5 Å². The molecule has 0 N–H and O–H groups in total. The second-order valence-corrected chi connectivity index (χ2v) is 18.3. The first kappa shape index (κ1) is 38.7. The molecule has 0 saturated carbocycles. The Kier molecular flexibility index (Phi) is 9.90. The Hall–Kier alpha value is -7.96. The monoisotopic (exact) mass is 867 g/mol. The van der Waals surface area contributed by atoms with Crippen molar-refractivity contribution < 1.29 is 0 Å². The van der Waals surface area contributed by atoms with Crippen LogP contribution in [0.1, 0.15) is 0 Å². The van der Waals surface area contributed by atoms with Crippen LogP contribution in [-0.4, -0.2) is 0 Å². The number of fused-ring (bicyclic) bond motifs is 6. The highest BCUT2D eigenvalue weighted by atomic mass is 32.1. The zero-order chi connectivity index (χ0) is 43.1. The van der Waals surface area contributed by atoms with E-state index in [0.717, 1.165) is 51.2 Å². The summed E-state index contributed by atoms with van der Waals surface area (Å²) in [4.78, 5) is 7.20. The van der Waals surface area contributed by atoms with Crippen LogP contribution in [0.15, 0.2) is 249 Å². The maximum atomic E-state index is 2.44. The van der Waals surface area contributed by atoms with Crippen molar-refractivity contribution in [2.45, 2.75) is 0 Å². The Morgan fingerprint density at radius 3 is 1.29 bits per heavy atom. The number of hydrogen-bond donors (Lipinski definition) is 0. The molecular formula is C60H41N3S2. The number of benzene rings is 10. The van der Waals surface area contributed by atoms with Gasteiger partial charge in [0.25, 0.3) is 0 Å². The van der Waals surface area contributed by atoms with Crippen LogP contribution in [0, 0.1) is 0 Å². The molecule has 0 radical (unpaired) electrons. The molecule has 0 atom stereocenters. The van der Waals surface area contributed by atoms with Gasteiger partial charge in [0.1, 0.15) is 0 Å². The van der Waals surface area contributed by atoms with Crippen molar-refractivity contribution >= 4 is 114 Å². The summed E-state index contributed by atoms with van der Waals surface area (Å²) in [5.74, 6) is 0. The second kappa shape index (κ2) is 16.6. The Morgan fingerprint density at radius 1 is 0.231 bits per heavy atom. The fourth-order valence-corrected chi connectivity index (χ4v) is 11.5. The molecule has 65 heavy (non-hydrogen) atoms. The smallest absolute Gasteiger partial charge is 0.0575 e. The highest BCUT2D eigenvalue weighted by Crippen LogP contribution is 2.50. The lowest BCUT2D eigenvalue weighted by Gasteiger charge is -2.30. The number of nitrogens with zero attached hydrogens (tertiary/aromatic N) is 3. The normalized spacial score (nSPS) is 11.4. The molecule has 2 aromatic heterocycles. The number of hydrogen-bond acceptors (Lipinski definition) is 5. The molecule has 0 aliphatic rings. The van der Waals surface area contributed by atoms with Gasteiger partial charge in [-0.25, -0.2) is 0 Å². The molecule has 5 heteroatoms. The highest BCUT2D eigenvalue weighted by molar-refractivity contribution is 7.26. The van der Waals surface area contributed by atoms with Gasteiger partial charge in [-0.2, -0.15) is 0 Å². The van der Waals surface area contributed by atoms with Crippen molar-refractivity contribution in [1.29, 1.82) is 0 Å². The predicted molar refractivity (Wildman–Crippen MR) is 282 cm³/mol. The highest BCUT2D eigenvalue weighted by Gasteiger charge is 2.24. The summed E-state index contributed by atoms with van der Waals surface area (Å²) in [6, 6.07) is 90.0. The molecule has 0 bridgehead atoms. The third-order valence-corrected chi connectivity index (χ3v) is 14.4. The molecule has 12 aromatic rings. The Bertz CT molecular complexity index is 3510. The second-order valence-electron chi connectivity index (χ2n) is 16.2. The van der Waals surface area contributed by atoms with Crippen LogP contribution in [0.25, 0.3) is 51.5 Å². The van der Waals surface area contributed by atoms with E-state index in [1.807, 2.05) is 22.7 Å². The van der Waals surface area contributed by atoms with Gasteiger partial charge in [-0.3, -0.25) is 0 Å². The first-order valence-electron chi connectivity index (χ1n) is 21.9. The van der Waals surface area contributed by atoms with E-state index in [-0.39, 0.29) is 0 Å². The Morgan fingerprint density at radius 2 is 0.662 bits per heavy atom. The Balaban J connectivity index is 1.06. The molecular weight excluding hydrogens is 827 g/mol. The van der Waals surface area contributed by atoms with Gasteiger partial charge in [-0.1, -0.05) is 140 Å². The van der Waals surface area contributed by atoms with Crippen molar-refractivity contribution in [3.8, 4) is 11.1 Å². The minimum atomic E-state index is 1.09. The van der Waals surface area contributed by atoms with Gasteiger partial charge in [0.05, 0.1) is 5.69 Å². The number of thiophene rings is 2. The Labute approximate surface area is 386 Å². The summed E-state index contributed by atoms with van der Waals surface area (Å²) >= 11 is 3.71. The molecule has 3 nitrogen and oxygen atoms in total. The maximum Gasteiger partial charge on any atom is 0.0575 e. The number of para-hydroxylation sites is 4. The summed E-state index contributed by atoms with van der Waals surface area (Å²) in [6.45, 7) is 0. The molecule has 0 aliphatic carbocycles. The SMILES string of the molecule is c1ccc(-c2ccc(N(c3ccc4c(c3)sc3ccc(N(c5ccccc5)c5ccccc5)cc34)c3cc(N(c4ccccc4)c4ccccc4)c4c(c3)sc3ccccc34)cc2)cc1. The van der Waals surface area contributed by atoms with E-state index < -0.39 is 0 Å². The molecule has 2 heterocycles. The van der Waals surface area contributed by atoms with Crippen molar-refractivity contribution in [3.05, 3.63) is 249 Å². The lowest BCUT2D eigenvalue weighted by atomic mass is 10.0. The minimum Gasteiger partial charge on any atom is -0.310 e. The fourth-order valence-electron chi connectivity index (χ4n) is 9.22. The van der Waals surface area contributed by atoms with Gasteiger partial charge >= 0.3 is 0 Å². The molecule has 0 amide bonds. The average Bonchev–Trinajstić information content (AvgIpc) is 3.94. The van der Waals surface area contributed by atoms with Gasteiger partial charge in [-0.05, 0) is 120 Å². The van der Waals surface area contributed by atoms with Crippen LogP contribution in [0.5, 0.6) is 0 Å². The van der Waals surface area contributed by atoms with Crippen molar-refractivity contribution in [1.82, 2.24) is 0 Å². The zero-order valence-electron chi connectivity index (χ0n) is 35.3. The van der Waals surface area contributed by atoms with Gasteiger partial charge in [-0.15, -0.1) is 22.7 Å². The lowest BCUT2D eigenvalue weighted by Crippen LogP contribution is -2.13. The topological polar surface area (TPSA) is 9.72 Å². The van der Waals surface area contributed by atoms with Crippen LogP contribution in [0.4, 0.5) is 51.2 Å². The minimum absolute atomic E-state index is 1.09. The van der Waals surface area contributed by atoms with Crippen LogP contribution in [0.2, 0.25) is 0 Å². The zero-order valence-corrected chi connectivity index (χ0v) is 37.0. The van der Waals surface area contributed by atoms with E-state index in [9.17, 15) is 0 Å². The average molecular weight is 868 g/mol.